The number of halogens is 1. The van der Waals surface area contributed by atoms with Crippen LogP contribution in [-0.4, -0.2) is 0 Å². The van der Waals surface area contributed by atoms with Crippen molar-refractivity contribution in [3.63, 3.8) is 0 Å². The van der Waals surface area contributed by atoms with E-state index >= 15 is 0 Å². The van der Waals surface area contributed by atoms with Crippen molar-refractivity contribution in [2.24, 2.45) is 6.26 Å². The largest absolute Gasteiger partial charge is 1.00 e. The molecule has 7 heavy (non-hydrogen) atoms. The van der Waals surface area contributed by atoms with Crippen molar-refractivity contribution in [1.82, 2.24) is 0 Å². The summed E-state index contributed by atoms with van der Waals surface area (Å²) in [6.45, 7) is 0. The Labute approximate surface area is 63.5 Å². The lowest BCUT2D eigenvalue weighted by Gasteiger charge is -1.56. The smallest absolute Gasteiger partial charge is 0.137 e. The fraction of sp³-hybridized carbons (Fsp3) is 0.200. The summed E-state index contributed by atoms with van der Waals surface area (Å²) in [5.74, 6) is 0. The molecule has 0 saturated carbocycles. The highest BCUT2D eigenvalue weighted by molar-refractivity contribution is 7.26. The maximum atomic E-state index is 2.19. The molecule has 1 rings (SSSR count). The van der Waals surface area contributed by atoms with E-state index in [4.69, 9.17) is 0 Å². The van der Waals surface area contributed by atoms with Crippen LogP contribution in [0.15, 0.2) is 22.9 Å². The van der Waals surface area contributed by atoms with Gasteiger partial charge in [-0.3, -0.25) is 0 Å². The van der Waals surface area contributed by atoms with Crippen molar-refractivity contribution >= 4 is 10.5 Å². The van der Waals surface area contributed by atoms with E-state index < -0.39 is 0 Å². The molecule has 2 heteroatoms. The Bertz CT molecular complexity index is 112. The fourth-order valence-corrected chi connectivity index (χ4v) is 1.15. The predicted molar refractivity (Wildman–Crippen MR) is 29.9 cm³/mol. The van der Waals surface area contributed by atoms with Gasteiger partial charge in [-0.05, 0) is 22.6 Å². The summed E-state index contributed by atoms with van der Waals surface area (Å²) < 4.78 is 0. The molecule has 0 nitrogen and oxygen atoms in total. The van der Waals surface area contributed by atoms with Gasteiger partial charge < -0.3 is 24.0 Å². The van der Waals surface area contributed by atoms with Crippen molar-refractivity contribution in [3.05, 3.63) is 22.9 Å². The monoisotopic (exact) mass is 226 g/mol. The van der Waals surface area contributed by atoms with Crippen LogP contribution in [-0.2, 0) is 6.26 Å². The summed E-state index contributed by atoms with van der Waals surface area (Å²) in [6, 6.07) is 4.17. The Kier molecular flexibility index (Phi) is 3.65. The molecule has 0 amide bonds. The zero-order chi connectivity index (χ0) is 4.41. The molecular formula is C5H7IS. The van der Waals surface area contributed by atoms with Crippen LogP contribution < -0.4 is 24.0 Å². The second kappa shape index (κ2) is 3.43. The number of thiophene rings is 1. The molecule has 0 fully saturated rings. The second-order valence-electron chi connectivity index (χ2n) is 1.26. The fourth-order valence-electron chi connectivity index (χ4n) is 0.384. The first-order valence-corrected chi connectivity index (χ1v) is 3.64. The molecule has 0 spiro atoms. The Balaban J connectivity index is 0.000000360. The Morgan fingerprint density at radius 1 is 1.14 bits per heavy atom. The topological polar surface area (TPSA) is 0 Å². The molecular weight excluding hydrogens is 219 g/mol. The minimum Gasteiger partial charge on any atom is -1.00 e. The van der Waals surface area contributed by atoms with Gasteiger partial charge in [0.1, 0.15) is 17.0 Å². The number of hydrogen-bond acceptors (Lipinski definition) is 0. The summed E-state index contributed by atoms with van der Waals surface area (Å²) in [4.78, 5) is 0. The van der Waals surface area contributed by atoms with Crippen LogP contribution in [0.25, 0.3) is 0 Å². The van der Waals surface area contributed by atoms with E-state index in [-0.39, 0.29) is 24.0 Å². The van der Waals surface area contributed by atoms with E-state index in [2.05, 4.69) is 29.1 Å². The molecule has 0 atom stereocenters. The minimum absolute atomic E-state index is 0. The Hall–Kier alpha value is 0.430. The van der Waals surface area contributed by atoms with Gasteiger partial charge >= 0.3 is 0 Å². The molecule has 0 unspecified atom stereocenters. The van der Waals surface area contributed by atoms with Gasteiger partial charge in [0.25, 0.3) is 0 Å². The molecule has 0 aromatic carbocycles. The summed E-state index contributed by atoms with van der Waals surface area (Å²) in [5.41, 5.74) is 0. The van der Waals surface area contributed by atoms with E-state index in [1.54, 1.807) is 0 Å². The first-order chi connectivity index (χ1) is 2.89. The molecule has 1 aromatic rings. The number of hydrogen-bond donors (Lipinski definition) is 0. The van der Waals surface area contributed by atoms with Crippen molar-refractivity contribution in [2.45, 2.75) is 0 Å². The van der Waals surface area contributed by atoms with Crippen molar-refractivity contribution in [2.75, 3.05) is 0 Å². The van der Waals surface area contributed by atoms with Crippen molar-refractivity contribution in [3.8, 4) is 0 Å². The number of rotatable bonds is 0. The van der Waals surface area contributed by atoms with Crippen LogP contribution in [0.5, 0.6) is 0 Å². The van der Waals surface area contributed by atoms with Crippen LogP contribution in [0.4, 0.5) is 0 Å². The third kappa shape index (κ3) is 2.29. The lowest BCUT2D eigenvalue weighted by atomic mass is 10.7. The lowest BCUT2D eigenvalue weighted by Crippen LogP contribution is -3.00. The first-order valence-electron chi connectivity index (χ1n) is 1.88. The maximum Gasteiger partial charge on any atom is 0.137 e. The van der Waals surface area contributed by atoms with Gasteiger partial charge in [-0.1, -0.05) is 0 Å². The highest BCUT2D eigenvalue weighted by atomic mass is 127. The quantitative estimate of drug-likeness (QED) is 0.392. The predicted octanol–water partition coefficient (Wildman–Crippen LogP) is -1.02. The summed E-state index contributed by atoms with van der Waals surface area (Å²) in [7, 11) is 0.466. The molecule has 40 valence electrons. The van der Waals surface area contributed by atoms with E-state index in [0.717, 1.165) is 0 Å². The summed E-state index contributed by atoms with van der Waals surface area (Å²) in [5, 5.41) is 4.39. The van der Waals surface area contributed by atoms with Crippen LogP contribution in [0.1, 0.15) is 0 Å². The highest BCUT2D eigenvalue weighted by Crippen LogP contribution is 2.08. The van der Waals surface area contributed by atoms with E-state index in [9.17, 15) is 0 Å². The highest BCUT2D eigenvalue weighted by Gasteiger charge is 1.84. The van der Waals surface area contributed by atoms with Crippen LogP contribution in [0.3, 0.4) is 0 Å². The third-order valence-electron chi connectivity index (χ3n) is 0.698. The van der Waals surface area contributed by atoms with E-state index in [0.29, 0.717) is 10.5 Å². The Morgan fingerprint density at radius 3 is 1.71 bits per heavy atom. The molecule has 0 bridgehead atoms. The number of aryl methyl sites for hydroxylation is 1. The molecule has 0 saturated heterocycles. The van der Waals surface area contributed by atoms with Gasteiger partial charge in [-0.15, -0.1) is 0 Å². The molecule has 0 aliphatic carbocycles. The average molecular weight is 226 g/mol. The lowest BCUT2D eigenvalue weighted by molar-refractivity contribution is -0.00000130. The standard InChI is InChI=1S/C5H7S.HI/c1-6-4-2-3-5-6;/h2-5H,1H3;1H/q+1;/p-1. The SMILES string of the molecule is C[s+]1cccc1.[I-]. The summed E-state index contributed by atoms with van der Waals surface area (Å²) >= 11 is 0. The average Bonchev–Trinajstić information content (AvgIpc) is 1.86. The van der Waals surface area contributed by atoms with Crippen LogP contribution in [0, 0.1) is 0 Å². The minimum atomic E-state index is 0. The zero-order valence-electron chi connectivity index (χ0n) is 4.10. The first kappa shape index (κ1) is 7.43. The van der Waals surface area contributed by atoms with Gasteiger partial charge in [0.05, 0.1) is 0 Å². The molecule has 1 aromatic heterocycles. The molecule has 0 radical (unpaired) electrons. The molecule has 1 heterocycles. The van der Waals surface area contributed by atoms with E-state index in [1.807, 2.05) is 0 Å². The Morgan fingerprint density at radius 2 is 1.57 bits per heavy atom. The van der Waals surface area contributed by atoms with Gasteiger partial charge in [-0.25, -0.2) is 0 Å². The van der Waals surface area contributed by atoms with Gasteiger partial charge in [0.2, 0.25) is 0 Å². The van der Waals surface area contributed by atoms with Gasteiger partial charge in [0, 0.05) is 0 Å². The maximum absolute atomic E-state index is 2.19. The third-order valence-corrected chi connectivity index (χ3v) is 1.87. The van der Waals surface area contributed by atoms with E-state index in [1.165, 1.54) is 0 Å². The van der Waals surface area contributed by atoms with Crippen LogP contribution in [0.2, 0.25) is 0 Å². The van der Waals surface area contributed by atoms with Crippen LogP contribution >= 0.6 is 10.5 Å². The normalized spacial score (nSPS) is 7.57. The summed E-state index contributed by atoms with van der Waals surface area (Å²) in [6.07, 6.45) is 2.19. The van der Waals surface area contributed by atoms with Gasteiger partial charge in [0.15, 0.2) is 0 Å². The zero-order valence-corrected chi connectivity index (χ0v) is 7.07. The van der Waals surface area contributed by atoms with Crippen molar-refractivity contribution in [1.29, 1.82) is 0 Å². The second-order valence-corrected chi connectivity index (χ2v) is 3.02. The molecule has 0 aliphatic rings. The molecule has 0 aliphatic heterocycles. The van der Waals surface area contributed by atoms with Crippen molar-refractivity contribution < 1.29 is 24.0 Å². The van der Waals surface area contributed by atoms with Gasteiger partial charge in [-0.2, -0.15) is 0 Å². The molecule has 0 N–H and O–H groups in total.